The summed E-state index contributed by atoms with van der Waals surface area (Å²) >= 11 is 0. The lowest BCUT2D eigenvalue weighted by Gasteiger charge is -2.10. The van der Waals surface area contributed by atoms with Gasteiger partial charge in [0.2, 0.25) is 0 Å². The molecule has 0 bridgehead atoms. The van der Waals surface area contributed by atoms with Crippen molar-refractivity contribution < 1.29 is 0 Å². The molecule has 0 aliphatic heterocycles. The molecule has 48 valence electrons. The molecule has 9 heavy (non-hydrogen) atoms. The number of rotatable bonds is 1. The zero-order valence-corrected chi connectivity index (χ0v) is 5.83. The first-order valence-corrected chi connectivity index (χ1v) is 3.03. The van der Waals surface area contributed by atoms with Crippen LogP contribution in [0.4, 0.5) is 5.69 Å². The average Bonchev–Trinajstić information content (AvgIpc) is 1.90. The van der Waals surface area contributed by atoms with Crippen LogP contribution in [-0.4, -0.2) is 14.1 Å². The quantitative estimate of drug-likeness (QED) is 0.545. The molecule has 0 atom stereocenters. The SMILES string of the molecule is CN([11CH3])c1ccccc1. The molecular formula is C8H11N. The summed E-state index contributed by atoms with van der Waals surface area (Å²) in [6.45, 7) is 0. The topological polar surface area (TPSA) is 3.24 Å². The van der Waals surface area contributed by atoms with Crippen LogP contribution in [0.3, 0.4) is 0 Å². The van der Waals surface area contributed by atoms with Crippen molar-refractivity contribution in [2.75, 3.05) is 19.0 Å². The first-order chi connectivity index (χ1) is 4.30. The van der Waals surface area contributed by atoms with Gasteiger partial charge in [0.1, 0.15) is 0 Å². The van der Waals surface area contributed by atoms with Crippen molar-refractivity contribution in [3.05, 3.63) is 30.3 Å². The Morgan fingerprint density at radius 3 is 1.89 bits per heavy atom. The molecule has 0 aromatic heterocycles. The number of benzene rings is 1. The second kappa shape index (κ2) is 2.53. The Morgan fingerprint density at radius 2 is 1.56 bits per heavy atom. The van der Waals surface area contributed by atoms with Gasteiger partial charge in [-0.1, -0.05) is 18.2 Å². The molecule has 1 nitrogen and oxygen atoms in total. The highest BCUT2D eigenvalue weighted by Crippen LogP contribution is 2.07. The van der Waals surface area contributed by atoms with E-state index in [1.807, 2.05) is 32.3 Å². The Hall–Kier alpha value is -0.980. The van der Waals surface area contributed by atoms with Crippen molar-refractivity contribution in [2.45, 2.75) is 0 Å². The van der Waals surface area contributed by atoms with E-state index >= 15 is 0 Å². The lowest BCUT2D eigenvalue weighted by molar-refractivity contribution is 1.13. The van der Waals surface area contributed by atoms with E-state index in [0.29, 0.717) is 0 Å². The number of hydrogen-bond acceptors (Lipinski definition) is 1. The van der Waals surface area contributed by atoms with Gasteiger partial charge in [-0.15, -0.1) is 0 Å². The van der Waals surface area contributed by atoms with Crippen LogP contribution < -0.4 is 4.90 Å². The second-order valence-corrected chi connectivity index (χ2v) is 2.23. The highest BCUT2D eigenvalue weighted by molar-refractivity contribution is 5.43. The normalized spacial score (nSPS) is 9.11. The Bertz CT molecular complexity index is 167. The molecule has 0 heterocycles. The van der Waals surface area contributed by atoms with Gasteiger partial charge < -0.3 is 4.90 Å². The van der Waals surface area contributed by atoms with Crippen LogP contribution in [0.5, 0.6) is 0 Å². The van der Waals surface area contributed by atoms with E-state index in [-0.39, 0.29) is 0 Å². The van der Waals surface area contributed by atoms with Gasteiger partial charge in [0.25, 0.3) is 0 Å². The fraction of sp³-hybridized carbons (Fsp3) is 0.250. The van der Waals surface area contributed by atoms with Crippen molar-refractivity contribution >= 4 is 5.69 Å². The summed E-state index contributed by atoms with van der Waals surface area (Å²) in [5, 5.41) is 0. The molecule has 1 heteroatoms. The molecule has 0 amide bonds. The van der Waals surface area contributed by atoms with Gasteiger partial charge in [0.15, 0.2) is 0 Å². The third-order valence-corrected chi connectivity index (χ3v) is 1.27. The highest BCUT2D eigenvalue weighted by Gasteiger charge is 1.87. The standard InChI is InChI=1S/C8H11N/c1-9(2)8-6-4-3-5-7-8/h3-7H,1-2H3/i1-1. The van der Waals surface area contributed by atoms with Crippen LogP contribution in [0.1, 0.15) is 0 Å². The monoisotopic (exact) mass is 120 g/mol. The zero-order chi connectivity index (χ0) is 6.69. The number of hydrogen-bond donors (Lipinski definition) is 0. The molecule has 0 aliphatic carbocycles. The lowest BCUT2D eigenvalue weighted by atomic mass is 10.3. The minimum atomic E-state index is 1.25. The average molecular weight is 120 g/mol. The van der Waals surface area contributed by atoms with E-state index in [9.17, 15) is 0 Å². The third kappa shape index (κ3) is 1.46. The predicted octanol–water partition coefficient (Wildman–Crippen LogP) is 1.75. The summed E-state index contributed by atoms with van der Waals surface area (Å²) in [4.78, 5) is 2.08. The largest absolute Gasteiger partial charge is 0.378 e. The molecular weight excluding hydrogens is 109 g/mol. The molecule has 0 fully saturated rings. The van der Waals surface area contributed by atoms with Gasteiger partial charge in [0, 0.05) is 19.8 Å². The van der Waals surface area contributed by atoms with Crippen LogP contribution in [0, 0.1) is 0 Å². The van der Waals surface area contributed by atoms with Gasteiger partial charge in [-0.25, -0.2) is 0 Å². The lowest BCUT2D eigenvalue weighted by Crippen LogP contribution is -2.07. The van der Waals surface area contributed by atoms with Crippen LogP contribution >= 0.6 is 0 Å². The first-order valence-electron chi connectivity index (χ1n) is 3.03. The molecule has 0 radical (unpaired) electrons. The smallest absolute Gasteiger partial charge is 0.0360 e. The number of nitrogens with zero attached hydrogens (tertiary/aromatic N) is 1. The van der Waals surface area contributed by atoms with Crippen molar-refractivity contribution in [3.8, 4) is 0 Å². The van der Waals surface area contributed by atoms with E-state index < -0.39 is 0 Å². The van der Waals surface area contributed by atoms with Crippen molar-refractivity contribution in [1.82, 2.24) is 0 Å². The van der Waals surface area contributed by atoms with Gasteiger partial charge in [0.05, 0.1) is 0 Å². The summed E-state index contributed by atoms with van der Waals surface area (Å²) in [5.74, 6) is 0. The van der Waals surface area contributed by atoms with E-state index in [4.69, 9.17) is 0 Å². The fourth-order valence-corrected chi connectivity index (χ4v) is 0.726. The number of para-hydroxylation sites is 1. The summed E-state index contributed by atoms with van der Waals surface area (Å²) in [7, 11) is 4.07. The summed E-state index contributed by atoms with van der Waals surface area (Å²) in [5.41, 5.74) is 1.25. The van der Waals surface area contributed by atoms with E-state index in [1.165, 1.54) is 5.69 Å². The van der Waals surface area contributed by atoms with Crippen LogP contribution in [-0.2, 0) is 0 Å². The van der Waals surface area contributed by atoms with Gasteiger partial charge in [-0.2, -0.15) is 0 Å². The third-order valence-electron chi connectivity index (χ3n) is 1.27. The van der Waals surface area contributed by atoms with E-state index in [1.54, 1.807) is 0 Å². The van der Waals surface area contributed by atoms with Crippen LogP contribution in [0.15, 0.2) is 30.3 Å². The molecule has 1 rings (SSSR count). The van der Waals surface area contributed by atoms with Crippen molar-refractivity contribution in [1.29, 1.82) is 0 Å². The molecule has 0 aliphatic rings. The Kier molecular flexibility index (Phi) is 1.73. The van der Waals surface area contributed by atoms with Gasteiger partial charge in [-0.05, 0) is 12.1 Å². The molecule has 1 aromatic rings. The Morgan fingerprint density at radius 1 is 1.00 bits per heavy atom. The van der Waals surface area contributed by atoms with Crippen LogP contribution in [0.25, 0.3) is 0 Å². The summed E-state index contributed by atoms with van der Waals surface area (Å²) < 4.78 is 0. The molecule has 0 unspecified atom stereocenters. The fourth-order valence-electron chi connectivity index (χ4n) is 0.726. The van der Waals surface area contributed by atoms with Crippen molar-refractivity contribution in [2.24, 2.45) is 0 Å². The molecule has 0 N–H and O–H groups in total. The minimum absolute atomic E-state index is 1.25. The Labute approximate surface area is 55.9 Å². The maximum Gasteiger partial charge on any atom is 0.0360 e. The maximum atomic E-state index is 2.08. The van der Waals surface area contributed by atoms with Gasteiger partial charge in [-0.3, -0.25) is 0 Å². The van der Waals surface area contributed by atoms with E-state index in [0.717, 1.165) is 0 Å². The summed E-state index contributed by atoms with van der Waals surface area (Å²) in [6, 6.07) is 10.3. The first kappa shape index (κ1) is 6.14. The minimum Gasteiger partial charge on any atom is -0.378 e. The second-order valence-electron chi connectivity index (χ2n) is 2.23. The van der Waals surface area contributed by atoms with Gasteiger partial charge >= 0.3 is 0 Å². The molecule has 0 saturated carbocycles. The zero-order valence-electron chi connectivity index (χ0n) is 5.83. The highest BCUT2D eigenvalue weighted by atomic mass is 15.0. The number of anilines is 1. The summed E-state index contributed by atoms with van der Waals surface area (Å²) in [6.07, 6.45) is 0. The molecule has 0 spiro atoms. The molecule has 1 aromatic carbocycles. The van der Waals surface area contributed by atoms with E-state index in [2.05, 4.69) is 17.0 Å². The Balaban J connectivity index is 2.85. The predicted molar refractivity (Wildman–Crippen MR) is 40.8 cm³/mol. The van der Waals surface area contributed by atoms with Crippen LogP contribution in [0.2, 0.25) is 0 Å². The molecule has 0 saturated heterocycles. The maximum absolute atomic E-state index is 2.08. The van der Waals surface area contributed by atoms with Crippen molar-refractivity contribution in [3.63, 3.8) is 0 Å².